The third-order valence-electron chi connectivity index (χ3n) is 3.09. The van der Waals surface area contributed by atoms with E-state index in [9.17, 15) is 18.0 Å². The molecule has 6 heteroatoms. The average Bonchev–Trinajstić information content (AvgIpc) is 2.69. The Bertz CT molecular complexity index is 433. The molecule has 1 atom stereocenters. The fraction of sp³-hybridized carbons (Fsp3) is 0.462. The first-order chi connectivity index (χ1) is 8.96. The molecule has 1 heterocycles. The Morgan fingerprint density at radius 3 is 2.58 bits per heavy atom. The van der Waals surface area contributed by atoms with Gasteiger partial charge < -0.3 is 4.90 Å². The maximum Gasteiger partial charge on any atom is 0.390 e. The Hall–Kier alpha value is -1.56. The predicted molar refractivity (Wildman–Crippen MR) is 64.3 cm³/mol. The molecule has 1 aliphatic heterocycles. The van der Waals surface area contributed by atoms with E-state index >= 15 is 0 Å². The minimum Gasteiger partial charge on any atom is -0.328 e. The third-order valence-corrected chi connectivity index (χ3v) is 3.09. The van der Waals surface area contributed by atoms with Gasteiger partial charge in [0, 0.05) is 6.54 Å². The van der Waals surface area contributed by atoms with Crippen molar-refractivity contribution in [1.82, 2.24) is 10.2 Å². The molecular formula is C13H15F3N2O. The first-order valence-corrected chi connectivity index (χ1v) is 6.08. The SMILES string of the molecule is O=C1C(Cc2ccccc2)NCN1CCC(F)(F)F. The van der Waals surface area contributed by atoms with Gasteiger partial charge in [-0.15, -0.1) is 0 Å². The van der Waals surface area contributed by atoms with E-state index in [1.54, 1.807) is 0 Å². The Morgan fingerprint density at radius 1 is 1.26 bits per heavy atom. The van der Waals surface area contributed by atoms with E-state index in [4.69, 9.17) is 0 Å². The number of alkyl halides is 3. The largest absolute Gasteiger partial charge is 0.390 e. The monoisotopic (exact) mass is 272 g/mol. The molecule has 1 aromatic carbocycles. The van der Waals surface area contributed by atoms with Gasteiger partial charge in [-0.05, 0) is 12.0 Å². The molecule has 3 nitrogen and oxygen atoms in total. The maximum absolute atomic E-state index is 12.1. The Morgan fingerprint density at radius 2 is 1.95 bits per heavy atom. The highest BCUT2D eigenvalue weighted by molar-refractivity contribution is 5.84. The quantitative estimate of drug-likeness (QED) is 0.908. The number of carbonyl (C=O) groups is 1. The highest BCUT2D eigenvalue weighted by Crippen LogP contribution is 2.21. The lowest BCUT2D eigenvalue weighted by molar-refractivity contribution is -0.143. The molecule has 1 aromatic rings. The summed E-state index contributed by atoms with van der Waals surface area (Å²) in [6.07, 6.45) is -4.68. The highest BCUT2D eigenvalue weighted by atomic mass is 19.4. The Labute approximate surface area is 109 Å². The molecule has 0 saturated carbocycles. The van der Waals surface area contributed by atoms with Gasteiger partial charge in [0.15, 0.2) is 0 Å². The molecule has 0 bridgehead atoms. The van der Waals surface area contributed by atoms with Gasteiger partial charge in [-0.1, -0.05) is 30.3 Å². The molecule has 1 amide bonds. The average molecular weight is 272 g/mol. The summed E-state index contributed by atoms with van der Waals surface area (Å²) < 4.78 is 36.4. The van der Waals surface area contributed by atoms with Crippen LogP contribution in [0.25, 0.3) is 0 Å². The minimum absolute atomic E-state index is 0.187. The first-order valence-electron chi connectivity index (χ1n) is 6.08. The zero-order valence-electron chi connectivity index (χ0n) is 10.3. The van der Waals surface area contributed by atoms with Crippen LogP contribution in [0.3, 0.4) is 0 Å². The molecule has 0 aromatic heterocycles. The van der Waals surface area contributed by atoms with E-state index in [1.807, 2.05) is 30.3 Å². The molecular weight excluding hydrogens is 257 g/mol. The second-order valence-corrected chi connectivity index (χ2v) is 4.57. The lowest BCUT2D eigenvalue weighted by atomic mass is 10.1. The number of carbonyl (C=O) groups excluding carboxylic acids is 1. The Balaban J connectivity index is 1.88. The summed E-state index contributed by atoms with van der Waals surface area (Å²) >= 11 is 0. The van der Waals surface area contributed by atoms with Crippen LogP contribution in [0.4, 0.5) is 13.2 Å². The topological polar surface area (TPSA) is 32.3 Å². The second-order valence-electron chi connectivity index (χ2n) is 4.57. The van der Waals surface area contributed by atoms with Crippen LogP contribution in [-0.4, -0.2) is 36.2 Å². The van der Waals surface area contributed by atoms with Gasteiger partial charge in [-0.25, -0.2) is 0 Å². The Kier molecular flexibility index (Phi) is 4.09. The van der Waals surface area contributed by atoms with Crippen molar-refractivity contribution in [1.29, 1.82) is 0 Å². The summed E-state index contributed by atoms with van der Waals surface area (Å²) in [6, 6.07) is 8.99. The molecule has 1 aliphatic rings. The summed E-state index contributed by atoms with van der Waals surface area (Å²) in [5, 5.41) is 2.95. The van der Waals surface area contributed by atoms with Gasteiger partial charge in [-0.3, -0.25) is 10.1 Å². The number of benzene rings is 1. The van der Waals surface area contributed by atoms with Crippen LogP contribution in [0.1, 0.15) is 12.0 Å². The minimum atomic E-state index is -4.22. The maximum atomic E-state index is 12.1. The van der Waals surface area contributed by atoms with Crippen molar-refractivity contribution in [2.45, 2.75) is 25.1 Å². The number of rotatable bonds is 4. The predicted octanol–water partition coefficient (Wildman–Crippen LogP) is 1.94. The summed E-state index contributed by atoms with van der Waals surface area (Å²) in [6.45, 7) is -0.0902. The van der Waals surface area contributed by atoms with Crippen LogP contribution in [0.2, 0.25) is 0 Å². The zero-order chi connectivity index (χ0) is 13.9. The number of nitrogens with zero attached hydrogens (tertiary/aromatic N) is 1. The molecule has 1 N–H and O–H groups in total. The molecule has 19 heavy (non-hydrogen) atoms. The van der Waals surface area contributed by atoms with Crippen molar-refractivity contribution in [3.8, 4) is 0 Å². The third kappa shape index (κ3) is 3.96. The van der Waals surface area contributed by atoms with Crippen molar-refractivity contribution in [3.05, 3.63) is 35.9 Å². The first kappa shape index (κ1) is 13.9. The number of hydrogen-bond donors (Lipinski definition) is 1. The van der Waals surface area contributed by atoms with E-state index in [0.29, 0.717) is 6.42 Å². The van der Waals surface area contributed by atoms with Gasteiger partial charge >= 0.3 is 6.18 Å². The number of hydrogen-bond acceptors (Lipinski definition) is 2. The van der Waals surface area contributed by atoms with Crippen molar-refractivity contribution in [3.63, 3.8) is 0 Å². The molecule has 1 unspecified atom stereocenters. The van der Waals surface area contributed by atoms with Gasteiger partial charge in [-0.2, -0.15) is 13.2 Å². The lowest BCUT2D eigenvalue weighted by Crippen LogP contribution is -2.34. The van der Waals surface area contributed by atoms with Crippen molar-refractivity contribution < 1.29 is 18.0 Å². The summed E-state index contributed by atoms with van der Waals surface area (Å²) in [5.41, 5.74) is 0.992. The summed E-state index contributed by atoms with van der Waals surface area (Å²) in [7, 11) is 0. The lowest BCUT2D eigenvalue weighted by Gasteiger charge is -2.16. The second kappa shape index (κ2) is 5.61. The van der Waals surface area contributed by atoms with E-state index in [0.717, 1.165) is 5.56 Å². The van der Waals surface area contributed by atoms with Crippen LogP contribution in [0, 0.1) is 0 Å². The van der Waals surface area contributed by atoms with Crippen molar-refractivity contribution in [2.75, 3.05) is 13.2 Å². The van der Waals surface area contributed by atoms with E-state index in [-0.39, 0.29) is 19.1 Å². The van der Waals surface area contributed by atoms with Crippen LogP contribution >= 0.6 is 0 Å². The zero-order valence-corrected chi connectivity index (χ0v) is 10.3. The van der Waals surface area contributed by atoms with E-state index < -0.39 is 18.6 Å². The standard InChI is InChI=1S/C13H15F3N2O/c14-13(15,16)6-7-18-9-17-11(12(18)19)8-10-4-2-1-3-5-10/h1-5,11,17H,6-9H2. The fourth-order valence-electron chi connectivity index (χ4n) is 2.07. The molecule has 0 radical (unpaired) electrons. The van der Waals surface area contributed by atoms with Gasteiger partial charge in [0.1, 0.15) is 0 Å². The normalized spacial score (nSPS) is 20.1. The number of amides is 1. The van der Waals surface area contributed by atoms with Crippen LogP contribution in [0.5, 0.6) is 0 Å². The molecule has 104 valence electrons. The molecule has 0 spiro atoms. The van der Waals surface area contributed by atoms with Gasteiger partial charge in [0.25, 0.3) is 0 Å². The van der Waals surface area contributed by atoms with Crippen molar-refractivity contribution >= 4 is 5.91 Å². The van der Waals surface area contributed by atoms with E-state index in [2.05, 4.69) is 5.32 Å². The van der Waals surface area contributed by atoms with Crippen LogP contribution in [0.15, 0.2) is 30.3 Å². The van der Waals surface area contributed by atoms with Crippen LogP contribution in [-0.2, 0) is 11.2 Å². The molecule has 2 rings (SSSR count). The smallest absolute Gasteiger partial charge is 0.328 e. The molecule has 1 fully saturated rings. The van der Waals surface area contributed by atoms with Gasteiger partial charge in [0.05, 0.1) is 19.1 Å². The fourth-order valence-corrected chi connectivity index (χ4v) is 2.07. The number of nitrogens with one attached hydrogen (secondary N) is 1. The summed E-state index contributed by atoms with van der Waals surface area (Å²) in [5.74, 6) is -0.256. The highest BCUT2D eigenvalue weighted by Gasteiger charge is 2.34. The van der Waals surface area contributed by atoms with Crippen molar-refractivity contribution in [2.24, 2.45) is 0 Å². The van der Waals surface area contributed by atoms with Gasteiger partial charge in [0.2, 0.25) is 5.91 Å². The number of halogens is 3. The van der Waals surface area contributed by atoms with Crippen LogP contribution < -0.4 is 5.32 Å². The molecule has 0 aliphatic carbocycles. The molecule has 1 saturated heterocycles. The summed E-state index contributed by atoms with van der Waals surface area (Å²) in [4.78, 5) is 13.1. The van der Waals surface area contributed by atoms with E-state index in [1.165, 1.54) is 4.90 Å².